The Bertz CT molecular complexity index is 1260. The van der Waals surface area contributed by atoms with Crippen molar-refractivity contribution in [3.8, 4) is 0 Å². The van der Waals surface area contributed by atoms with Crippen LogP contribution in [0.4, 0.5) is 0 Å². The summed E-state index contributed by atoms with van der Waals surface area (Å²) < 4.78 is 0. The highest BCUT2D eigenvalue weighted by molar-refractivity contribution is 6.11. The normalized spacial score (nSPS) is 21.7. The zero-order valence-electron chi connectivity index (χ0n) is 32.4. The zero-order valence-corrected chi connectivity index (χ0v) is 32.4. The van der Waals surface area contributed by atoms with E-state index in [9.17, 15) is 0 Å². The quantitative estimate of drug-likeness (QED) is 0.107. The molecule has 2 heterocycles. The number of unbranched alkanes of at least 4 members (excludes halogenated alkanes) is 1. The van der Waals surface area contributed by atoms with E-state index in [1.54, 1.807) is 11.1 Å². The Labute approximate surface area is 291 Å². The largest absolute Gasteiger partial charge is 0.369 e. The average Bonchev–Trinajstić information content (AvgIpc) is 3.52. The fraction of sp³-hybridized carbons (Fsp3) is 0.628. The topological polar surface area (TPSA) is 31.2 Å². The van der Waals surface area contributed by atoms with E-state index < -0.39 is 0 Å². The molecule has 0 amide bonds. The SMILES string of the molecule is C=C(C)/C(C)=C/C(=NC)C(=C/C(C)=C1CCC1)/N=C(\C=C/C(=C\C)N1CCN2CCC[C@@H]2C1)C(C)CC.CCC/C=C(/C)C(C)CC. The molecule has 0 aromatic carbocycles. The second-order valence-electron chi connectivity index (χ2n) is 14.1. The van der Waals surface area contributed by atoms with Crippen molar-refractivity contribution in [3.05, 3.63) is 82.3 Å². The Morgan fingerprint density at radius 1 is 0.936 bits per heavy atom. The van der Waals surface area contributed by atoms with Gasteiger partial charge in [0.25, 0.3) is 0 Å². The predicted octanol–water partition coefficient (Wildman–Crippen LogP) is 11.5. The summed E-state index contributed by atoms with van der Waals surface area (Å²) in [5, 5.41) is 0. The third-order valence-electron chi connectivity index (χ3n) is 10.6. The number of hydrogen-bond acceptors (Lipinski definition) is 4. The molecule has 0 aromatic rings. The molecule has 0 bridgehead atoms. The van der Waals surface area contributed by atoms with Crippen LogP contribution < -0.4 is 0 Å². The molecular formula is C43H70N4. The Morgan fingerprint density at radius 2 is 1.64 bits per heavy atom. The van der Waals surface area contributed by atoms with Crippen molar-refractivity contribution >= 4 is 11.4 Å². The summed E-state index contributed by atoms with van der Waals surface area (Å²) >= 11 is 0. The van der Waals surface area contributed by atoms with Crippen molar-refractivity contribution in [1.82, 2.24) is 9.80 Å². The Kier molecular flexibility index (Phi) is 18.3. The lowest BCUT2D eigenvalue weighted by atomic mass is 9.88. The van der Waals surface area contributed by atoms with Crippen molar-refractivity contribution in [2.45, 2.75) is 133 Å². The van der Waals surface area contributed by atoms with Crippen molar-refractivity contribution in [1.29, 1.82) is 0 Å². The summed E-state index contributed by atoms with van der Waals surface area (Å²) in [7, 11) is 1.87. The smallest absolute Gasteiger partial charge is 0.0887 e. The number of rotatable bonds is 14. The van der Waals surface area contributed by atoms with Crippen molar-refractivity contribution < 1.29 is 0 Å². The molecule has 3 fully saturated rings. The molecule has 1 saturated carbocycles. The minimum atomic E-state index is 0.352. The van der Waals surface area contributed by atoms with E-state index in [2.05, 4.69) is 120 Å². The highest BCUT2D eigenvalue weighted by atomic mass is 15.3. The van der Waals surface area contributed by atoms with Gasteiger partial charge in [0.1, 0.15) is 0 Å². The zero-order chi connectivity index (χ0) is 34.9. The molecule has 0 spiro atoms. The first-order valence-corrected chi connectivity index (χ1v) is 18.8. The summed E-state index contributed by atoms with van der Waals surface area (Å²) in [6, 6.07) is 0.712. The minimum Gasteiger partial charge on any atom is -0.369 e. The molecule has 3 atom stereocenters. The van der Waals surface area contributed by atoms with E-state index in [1.165, 1.54) is 75.7 Å². The van der Waals surface area contributed by atoms with E-state index in [0.29, 0.717) is 12.0 Å². The molecule has 4 nitrogen and oxygen atoms in total. The first-order chi connectivity index (χ1) is 22.5. The molecule has 2 aliphatic heterocycles. The fourth-order valence-corrected chi connectivity index (χ4v) is 6.14. The maximum atomic E-state index is 5.31. The van der Waals surface area contributed by atoms with Gasteiger partial charge in [-0.2, -0.15) is 0 Å². The lowest BCUT2D eigenvalue weighted by molar-refractivity contribution is 0.132. The molecule has 2 saturated heterocycles. The molecule has 0 radical (unpaired) electrons. The molecule has 4 heteroatoms. The van der Waals surface area contributed by atoms with Crippen LogP contribution in [0, 0.1) is 11.8 Å². The van der Waals surface area contributed by atoms with Gasteiger partial charge in [-0.05, 0) is 140 Å². The Morgan fingerprint density at radius 3 is 2.19 bits per heavy atom. The maximum absolute atomic E-state index is 5.31. The van der Waals surface area contributed by atoms with Gasteiger partial charge >= 0.3 is 0 Å². The summed E-state index contributed by atoms with van der Waals surface area (Å²) in [4.78, 5) is 15.2. The summed E-state index contributed by atoms with van der Waals surface area (Å²) in [5.41, 5.74) is 10.9. The van der Waals surface area contributed by atoms with Gasteiger partial charge in [-0.3, -0.25) is 14.9 Å². The Balaban J connectivity index is 0.000000663. The van der Waals surface area contributed by atoms with E-state index in [1.807, 2.05) is 14.0 Å². The first kappa shape index (κ1) is 40.5. The highest BCUT2D eigenvalue weighted by Crippen LogP contribution is 2.30. The van der Waals surface area contributed by atoms with Gasteiger partial charge in [0.2, 0.25) is 0 Å². The monoisotopic (exact) mass is 643 g/mol. The summed E-state index contributed by atoms with van der Waals surface area (Å²) in [5.74, 6) is 1.14. The molecule has 47 heavy (non-hydrogen) atoms. The number of aliphatic imine (C=N–C) groups is 2. The number of hydrogen-bond donors (Lipinski definition) is 0. The third kappa shape index (κ3) is 13.0. The molecule has 0 N–H and O–H groups in total. The van der Waals surface area contributed by atoms with Gasteiger partial charge in [0.05, 0.1) is 11.4 Å². The molecule has 1 aliphatic carbocycles. The molecular weight excluding hydrogens is 573 g/mol. The molecule has 262 valence electrons. The van der Waals surface area contributed by atoms with E-state index >= 15 is 0 Å². The third-order valence-corrected chi connectivity index (χ3v) is 10.6. The van der Waals surface area contributed by atoms with E-state index in [-0.39, 0.29) is 0 Å². The lowest BCUT2D eigenvalue weighted by Gasteiger charge is -2.39. The molecule has 3 rings (SSSR count). The van der Waals surface area contributed by atoms with Gasteiger partial charge < -0.3 is 4.90 Å². The standard InChI is InChI=1S/C33H50N4.C10H20/c1-9-25(5)31(17-16-29(10-2)37-20-19-36-18-12-15-30(36)23-37)35-33(22-27(7)28-13-11-14-28)32(34-8)21-26(6)24(3)4;1-5-7-8-10(4)9(3)6-2/h10,16-17,21-22,25,30H,3,9,11-15,18-20,23H2,1-2,4-8H3;8-9H,5-7H2,1-4H3/b17-16-,26-21+,29-10+,33-22-,34-32?,35-31+;10-8-/t25?,30-;/m1./s1. The second-order valence-corrected chi connectivity index (χ2v) is 14.1. The number of fused-ring (bicyclic) bond motifs is 1. The molecule has 2 unspecified atom stereocenters. The van der Waals surface area contributed by atoms with Crippen LogP contribution in [0.2, 0.25) is 0 Å². The van der Waals surface area contributed by atoms with Crippen LogP contribution in [0.15, 0.2) is 92.3 Å². The van der Waals surface area contributed by atoms with E-state index in [4.69, 9.17) is 4.99 Å². The van der Waals surface area contributed by atoms with Crippen molar-refractivity contribution in [2.24, 2.45) is 21.8 Å². The van der Waals surface area contributed by atoms with Crippen molar-refractivity contribution in [2.75, 3.05) is 33.2 Å². The van der Waals surface area contributed by atoms with Crippen LogP contribution in [0.3, 0.4) is 0 Å². The average molecular weight is 643 g/mol. The van der Waals surface area contributed by atoms with Crippen LogP contribution in [0.5, 0.6) is 0 Å². The number of nitrogens with zero attached hydrogens (tertiary/aromatic N) is 4. The summed E-state index contributed by atoms with van der Waals surface area (Å²) in [6.45, 7) is 30.9. The van der Waals surface area contributed by atoms with Crippen LogP contribution in [-0.4, -0.2) is 60.5 Å². The first-order valence-electron chi connectivity index (χ1n) is 18.8. The summed E-state index contributed by atoms with van der Waals surface area (Å²) in [6.07, 6.45) is 24.8. The van der Waals surface area contributed by atoms with E-state index in [0.717, 1.165) is 53.7 Å². The fourth-order valence-electron chi connectivity index (χ4n) is 6.14. The Hall–Kier alpha value is -2.72. The van der Waals surface area contributed by atoms with Gasteiger partial charge in [0.15, 0.2) is 0 Å². The van der Waals surface area contributed by atoms with Crippen LogP contribution in [0.1, 0.15) is 127 Å². The van der Waals surface area contributed by atoms with Crippen LogP contribution >= 0.6 is 0 Å². The van der Waals surface area contributed by atoms with Crippen LogP contribution in [-0.2, 0) is 0 Å². The molecule has 3 aliphatic rings. The maximum Gasteiger partial charge on any atom is 0.0887 e. The van der Waals surface area contributed by atoms with Gasteiger partial charge in [-0.1, -0.05) is 76.5 Å². The van der Waals surface area contributed by atoms with Crippen molar-refractivity contribution in [3.63, 3.8) is 0 Å². The highest BCUT2D eigenvalue weighted by Gasteiger charge is 2.30. The minimum absolute atomic E-state index is 0.352. The van der Waals surface area contributed by atoms with Gasteiger partial charge in [0, 0.05) is 44.1 Å². The number of piperazine rings is 1. The second kappa shape index (κ2) is 21.3. The number of allylic oxidation sites excluding steroid dienone is 11. The molecule has 0 aromatic heterocycles. The van der Waals surface area contributed by atoms with Gasteiger partial charge in [-0.25, -0.2) is 0 Å². The lowest BCUT2D eigenvalue weighted by Crippen LogP contribution is -2.49. The predicted molar refractivity (Wildman–Crippen MR) is 211 cm³/mol. The van der Waals surface area contributed by atoms with Gasteiger partial charge in [-0.15, -0.1) is 0 Å². The van der Waals surface area contributed by atoms with Crippen LogP contribution in [0.25, 0.3) is 0 Å².